The van der Waals surface area contributed by atoms with Gasteiger partial charge in [-0.1, -0.05) is 110 Å². The van der Waals surface area contributed by atoms with E-state index in [9.17, 15) is 38.7 Å². The van der Waals surface area contributed by atoms with Crippen molar-refractivity contribution in [3.8, 4) is 0 Å². The van der Waals surface area contributed by atoms with Crippen molar-refractivity contribution in [2.45, 2.75) is 187 Å². The summed E-state index contributed by atoms with van der Waals surface area (Å²) in [5.74, 6) is -3.30. The average Bonchev–Trinajstić information content (AvgIpc) is 3.84. The van der Waals surface area contributed by atoms with E-state index in [0.29, 0.717) is 45.3 Å². The Kier molecular flexibility index (Phi) is 39.0. The summed E-state index contributed by atoms with van der Waals surface area (Å²) in [6.45, 7) is 7.27. The second kappa shape index (κ2) is 42.8. The first-order valence-corrected chi connectivity index (χ1v) is 26.0. The van der Waals surface area contributed by atoms with Crippen LogP contribution in [0.3, 0.4) is 0 Å². The summed E-state index contributed by atoms with van der Waals surface area (Å²) in [5.41, 5.74) is 6.87. The van der Waals surface area contributed by atoms with Crippen LogP contribution in [0.25, 0.3) is 0 Å². The molecular formula is C51H92N6O12. The first kappa shape index (κ1) is 62.9. The SMILES string of the molecule is CCCCCCCCCCCCCCCCCC(=O)NC(CCC(=O)CCCOCCOCC(=O)NCCOCCOCC(=O)NCCCC[C@@H](C(C)=O)C(C)C(=O)[C@@H](N)Cc1cnc[nH]1)C(=O)O.[HH]. The summed E-state index contributed by atoms with van der Waals surface area (Å²) in [4.78, 5) is 92.6. The number of nitrogens with two attached hydrogens (primary N) is 1. The standard InChI is InChI=1S/C51H90N6O12.H2/c1-4-5-6-7-8-9-10-11-12-13-14-15-16-17-18-24-47(60)57-46(51(64)65)26-25-43(59)22-21-29-66-31-33-68-38-49(62)55-28-30-67-32-34-69-37-48(61)54-27-20-19-23-44(41(3)58)40(2)50(63)45(52)35-42-36-53-39-56-42;/h36,39-40,44-46H,4-35,37-38,52H2,1-3H3,(H,53,56)(H,54,61)(H,55,62)(H,57,60)(H,64,65);1H/t40?,44-,45+,46?;/m1./s1. The number of rotatable bonds is 49. The number of nitrogens with one attached hydrogen (secondary N) is 4. The van der Waals surface area contributed by atoms with Crippen LogP contribution in [0.1, 0.15) is 176 Å². The smallest absolute Gasteiger partial charge is 0.326 e. The predicted octanol–water partition coefficient (Wildman–Crippen LogP) is 6.37. The second-order valence-corrected chi connectivity index (χ2v) is 18.2. The Morgan fingerprint density at radius 3 is 1.75 bits per heavy atom. The van der Waals surface area contributed by atoms with Crippen LogP contribution in [-0.2, 0) is 58.9 Å². The van der Waals surface area contributed by atoms with E-state index < -0.39 is 29.9 Å². The van der Waals surface area contributed by atoms with Crippen LogP contribution in [0.2, 0.25) is 0 Å². The lowest BCUT2D eigenvalue weighted by molar-refractivity contribution is -0.142. The number of imidazole rings is 1. The maximum atomic E-state index is 12.9. The fourth-order valence-electron chi connectivity index (χ4n) is 7.91. The number of aromatic nitrogens is 2. The molecule has 0 aromatic carbocycles. The third-order valence-corrected chi connectivity index (χ3v) is 12.1. The molecule has 0 bridgehead atoms. The molecule has 7 N–H and O–H groups in total. The maximum Gasteiger partial charge on any atom is 0.326 e. The molecule has 0 saturated carbocycles. The molecule has 398 valence electrons. The van der Waals surface area contributed by atoms with E-state index in [4.69, 9.17) is 24.7 Å². The van der Waals surface area contributed by atoms with E-state index in [1.165, 1.54) is 83.9 Å². The highest BCUT2D eigenvalue weighted by Gasteiger charge is 2.30. The number of aliphatic carboxylic acids is 1. The Hall–Kier alpha value is -4.10. The molecule has 0 saturated heterocycles. The van der Waals surface area contributed by atoms with E-state index in [-0.39, 0.29) is 115 Å². The van der Waals surface area contributed by atoms with Gasteiger partial charge >= 0.3 is 5.97 Å². The van der Waals surface area contributed by atoms with Gasteiger partial charge in [0.05, 0.1) is 45.4 Å². The molecule has 0 spiro atoms. The van der Waals surface area contributed by atoms with E-state index >= 15 is 0 Å². The van der Waals surface area contributed by atoms with Gasteiger partial charge in [-0.25, -0.2) is 9.78 Å². The quantitative estimate of drug-likeness (QED) is 0.0388. The Morgan fingerprint density at radius 2 is 1.20 bits per heavy atom. The molecule has 18 nitrogen and oxygen atoms in total. The summed E-state index contributed by atoms with van der Waals surface area (Å²) in [6, 6.07) is -1.82. The van der Waals surface area contributed by atoms with Gasteiger partial charge in [0.2, 0.25) is 17.7 Å². The summed E-state index contributed by atoms with van der Waals surface area (Å²) < 4.78 is 21.6. The van der Waals surface area contributed by atoms with Crippen molar-refractivity contribution >= 4 is 41.0 Å². The fourth-order valence-corrected chi connectivity index (χ4v) is 7.91. The number of H-pyrrole nitrogens is 1. The van der Waals surface area contributed by atoms with Gasteiger partial charge in [-0.05, 0) is 39.0 Å². The Bertz CT molecular complexity index is 1540. The molecule has 0 aliphatic heterocycles. The van der Waals surface area contributed by atoms with Crippen LogP contribution in [0.15, 0.2) is 12.5 Å². The van der Waals surface area contributed by atoms with Crippen molar-refractivity contribution in [3.63, 3.8) is 0 Å². The number of carboxylic acid groups (broad SMARTS) is 1. The highest BCUT2D eigenvalue weighted by Crippen LogP contribution is 2.22. The van der Waals surface area contributed by atoms with Crippen molar-refractivity contribution in [2.75, 3.05) is 65.9 Å². The van der Waals surface area contributed by atoms with Crippen molar-refractivity contribution in [3.05, 3.63) is 18.2 Å². The molecule has 1 aromatic heterocycles. The minimum absolute atomic E-state index is 0. The molecule has 0 aliphatic rings. The molecule has 69 heavy (non-hydrogen) atoms. The van der Waals surface area contributed by atoms with Crippen LogP contribution < -0.4 is 21.7 Å². The molecule has 1 aromatic rings. The number of amides is 3. The zero-order valence-corrected chi connectivity index (χ0v) is 42.5. The maximum absolute atomic E-state index is 12.9. The number of aromatic amines is 1. The molecular weight excluding hydrogens is 889 g/mol. The molecule has 0 radical (unpaired) electrons. The predicted molar refractivity (Wildman–Crippen MR) is 266 cm³/mol. The number of hydrogen-bond acceptors (Lipinski definition) is 13. The number of carboxylic acids is 1. The van der Waals surface area contributed by atoms with Gasteiger partial charge < -0.3 is 50.7 Å². The minimum Gasteiger partial charge on any atom is -0.480 e. The van der Waals surface area contributed by atoms with Crippen molar-refractivity contribution in [1.29, 1.82) is 0 Å². The zero-order valence-electron chi connectivity index (χ0n) is 42.5. The summed E-state index contributed by atoms with van der Waals surface area (Å²) in [5, 5.41) is 17.6. The zero-order chi connectivity index (χ0) is 50.7. The van der Waals surface area contributed by atoms with Gasteiger partial charge in [-0.3, -0.25) is 28.8 Å². The minimum atomic E-state index is -1.14. The van der Waals surface area contributed by atoms with Crippen molar-refractivity contribution in [2.24, 2.45) is 17.6 Å². The first-order chi connectivity index (χ1) is 33.3. The normalized spacial score (nSPS) is 13.0. The van der Waals surface area contributed by atoms with Crippen LogP contribution in [0.4, 0.5) is 0 Å². The van der Waals surface area contributed by atoms with Gasteiger partial charge in [-0.15, -0.1) is 0 Å². The van der Waals surface area contributed by atoms with Gasteiger partial charge in [-0.2, -0.15) is 0 Å². The molecule has 2 unspecified atom stereocenters. The van der Waals surface area contributed by atoms with Gasteiger partial charge in [0, 0.05) is 70.5 Å². The number of ketones is 3. The van der Waals surface area contributed by atoms with Gasteiger partial charge in [0.25, 0.3) is 0 Å². The average molecular weight is 981 g/mol. The van der Waals surface area contributed by atoms with E-state index in [2.05, 4.69) is 32.8 Å². The number of Topliss-reactive ketones (excluding diaryl/α,β-unsaturated/α-hetero) is 3. The lowest BCUT2D eigenvalue weighted by Crippen LogP contribution is -2.41. The Balaban J connectivity index is 0.0000476. The number of hydrogen-bond donors (Lipinski definition) is 6. The summed E-state index contributed by atoms with van der Waals surface area (Å²) >= 11 is 0. The highest BCUT2D eigenvalue weighted by atomic mass is 16.5. The van der Waals surface area contributed by atoms with Gasteiger partial charge in [0.1, 0.15) is 30.8 Å². The molecule has 1 heterocycles. The van der Waals surface area contributed by atoms with Crippen LogP contribution in [-0.4, -0.2) is 134 Å². The number of carbonyl (C=O) groups excluding carboxylic acids is 6. The van der Waals surface area contributed by atoms with Crippen molar-refractivity contribution in [1.82, 2.24) is 25.9 Å². The van der Waals surface area contributed by atoms with E-state index in [1.807, 2.05) is 0 Å². The third kappa shape index (κ3) is 35.6. The largest absolute Gasteiger partial charge is 0.480 e. The fraction of sp³-hybridized carbons (Fsp3) is 0.804. The summed E-state index contributed by atoms with van der Waals surface area (Å²) in [7, 11) is 0. The highest BCUT2D eigenvalue weighted by molar-refractivity contribution is 5.91. The van der Waals surface area contributed by atoms with Crippen LogP contribution in [0, 0.1) is 11.8 Å². The number of ether oxygens (including phenoxy) is 4. The first-order valence-electron chi connectivity index (χ1n) is 26.0. The second-order valence-electron chi connectivity index (χ2n) is 18.2. The lowest BCUT2D eigenvalue weighted by Gasteiger charge is -2.23. The Morgan fingerprint density at radius 1 is 0.652 bits per heavy atom. The number of nitrogens with zero attached hydrogens (tertiary/aromatic N) is 1. The monoisotopic (exact) mass is 981 g/mol. The molecule has 3 amide bonds. The van der Waals surface area contributed by atoms with Gasteiger partial charge in [0.15, 0.2) is 5.78 Å². The Labute approximate surface area is 413 Å². The molecule has 1 rings (SSSR count). The van der Waals surface area contributed by atoms with Crippen LogP contribution in [0.5, 0.6) is 0 Å². The third-order valence-electron chi connectivity index (χ3n) is 12.1. The van der Waals surface area contributed by atoms with E-state index in [0.717, 1.165) is 31.4 Å². The van der Waals surface area contributed by atoms with E-state index in [1.54, 1.807) is 13.1 Å². The van der Waals surface area contributed by atoms with Crippen LogP contribution >= 0.6 is 0 Å². The molecule has 0 fully saturated rings. The van der Waals surface area contributed by atoms with Crippen molar-refractivity contribution < 1.29 is 59.0 Å². The molecule has 0 aliphatic carbocycles. The topological polar surface area (TPSA) is 267 Å². The summed E-state index contributed by atoms with van der Waals surface area (Å²) in [6.07, 6.45) is 24.9. The lowest BCUT2D eigenvalue weighted by atomic mass is 9.81. The molecule has 18 heteroatoms. The molecule has 4 atom stereocenters. The number of carbonyl (C=O) groups is 7. The number of unbranched alkanes of at least 4 members (excludes halogenated alkanes) is 15.